The highest BCUT2D eigenvalue weighted by molar-refractivity contribution is 5.85. The van der Waals surface area contributed by atoms with Gasteiger partial charge in [-0.3, -0.25) is 9.78 Å². The van der Waals surface area contributed by atoms with Crippen LogP contribution in [-0.4, -0.2) is 47.2 Å². The highest BCUT2D eigenvalue weighted by Crippen LogP contribution is 2.21. The van der Waals surface area contributed by atoms with Crippen molar-refractivity contribution >= 4 is 16.8 Å². The van der Waals surface area contributed by atoms with E-state index in [9.17, 15) is 4.79 Å². The molecule has 1 fully saturated rings. The minimum absolute atomic E-state index is 0.172. The van der Waals surface area contributed by atoms with Gasteiger partial charge >= 0.3 is 0 Å². The Labute approximate surface area is 118 Å². The molecule has 2 aromatic heterocycles. The van der Waals surface area contributed by atoms with E-state index in [0.29, 0.717) is 12.5 Å². The van der Waals surface area contributed by atoms with Crippen LogP contribution in [0.4, 0.5) is 0 Å². The lowest BCUT2D eigenvalue weighted by atomic mass is 10.0. The molecule has 5 nitrogen and oxygen atoms in total. The number of carbonyl (C=O) groups excluding carboxylic acids is 1. The number of rotatable bonds is 4. The number of aromatic nitrogens is 2. The van der Waals surface area contributed by atoms with Gasteiger partial charge < -0.3 is 14.2 Å². The molecule has 0 unspecified atom stereocenters. The van der Waals surface area contributed by atoms with E-state index in [1.165, 1.54) is 0 Å². The molecule has 0 N–H and O–H groups in total. The van der Waals surface area contributed by atoms with Crippen LogP contribution in [0.3, 0.4) is 0 Å². The van der Waals surface area contributed by atoms with Crippen molar-refractivity contribution in [2.45, 2.75) is 13.5 Å². The lowest BCUT2D eigenvalue weighted by Gasteiger charge is -2.39. The lowest BCUT2D eigenvalue weighted by molar-refractivity contribution is -0.139. The molecule has 0 radical (unpaired) electrons. The maximum Gasteiger partial charge on any atom is 0.242 e. The molecular weight excluding hydrogens is 254 g/mol. The molecule has 1 aliphatic rings. The van der Waals surface area contributed by atoms with Crippen LogP contribution in [0.1, 0.15) is 5.56 Å². The van der Waals surface area contributed by atoms with Crippen molar-refractivity contribution < 1.29 is 9.53 Å². The monoisotopic (exact) mass is 273 g/mol. The number of ether oxygens (including phenoxy) is 1. The third-order valence-electron chi connectivity index (χ3n) is 3.90. The molecule has 3 heterocycles. The summed E-state index contributed by atoms with van der Waals surface area (Å²) in [6.07, 6.45) is 5.64. The molecule has 3 rings (SSSR count). The standard InChI is InChI=1S/C15H19N3O2/c1-11-6-17(14-3-4-16-5-13(11)14)9-15(19)18-7-12(8-18)10-20-2/h3-6,12H,7-10H2,1-2H3. The van der Waals surface area contributed by atoms with Crippen molar-refractivity contribution in [1.29, 1.82) is 0 Å². The average Bonchev–Trinajstić information content (AvgIpc) is 2.71. The normalized spacial score (nSPS) is 15.6. The minimum atomic E-state index is 0.172. The molecule has 20 heavy (non-hydrogen) atoms. The summed E-state index contributed by atoms with van der Waals surface area (Å²) in [5.74, 6) is 0.669. The molecule has 0 saturated carbocycles. The third-order valence-corrected chi connectivity index (χ3v) is 3.90. The highest BCUT2D eigenvalue weighted by atomic mass is 16.5. The van der Waals surface area contributed by atoms with E-state index in [-0.39, 0.29) is 5.91 Å². The smallest absolute Gasteiger partial charge is 0.242 e. The predicted octanol–water partition coefficient (Wildman–Crippen LogP) is 1.45. The first-order valence-corrected chi connectivity index (χ1v) is 6.85. The van der Waals surface area contributed by atoms with E-state index in [0.717, 1.165) is 36.2 Å². The van der Waals surface area contributed by atoms with Crippen molar-refractivity contribution in [2.75, 3.05) is 26.8 Å². The molecule has 1 saturated heterocycles. The van der Waals surface area contributed by atoms with Gasteiger partial charge in [0.05, 0.1) is 12.1 Å². The second-order valence-electron chi connectivity index (χ2n) is 5.45. The van der Waals surface area contributed by atoms with Crippen LogP contribution >= 0.6 is 0 Å². The number of pyridine rings is 1. The Morgan fingerprint density at radius 2 is 2.30 bits per heavy atom. The second-order valence-corrected chi connectivity index (χ2v) is 5.45. The van der Waals surface area contributed by atoms with Crippen LogP contribution in [-0.2, 0) is 16.1 Å². The van der Waals surface area contributed by atoms with Gasteiger partial charge in [0.1, 0.15) is 6.54 Å². The quantitative estimate of drug-likeness (QED) is 0.847. The van der Waals surface area contributed by atoms with E-state index >= 15 is 0 Å². The number of hydrogen-bond acceptors (Lipinski definition) is 3. The zero-order chi connectivity index (χ0) is 14.1. The SMILES string of the molecule is COCC1CN(C(=O)Cn2cc(C)c3cnccc32)C1. The van der Waals surface area contributed by atoms with Gasteiger partial charge in [-0.05, 0) is 18.6 Å². The fraction of sp³-hybridized carbons (Fsp3) is 0.467. The lowest BCUT2D eigenvalue weighted by Crippen LogP contribution is -2.52. The van der Waals surface area contributed by atoms with Gasteiger partial charge in [0, 0.05) is 50.1 Å². The summed E-state index contributed by atoms with van der Waals surface area (Å²) in [6, 6.07) is 1.96. The maximum absolute atomic E-state index is 12.2. The Morgan fingerprint density at radius 3 is 3.05 bits per heavy atom. The van der Waals surface area contributed by atoms with Gasteiger partial charge in [-0.15, -0.1) is 0 Å². The molecule has 2 aromatic rings. The van der Waals surface area contributed by atoms with Gasteiger partial charge in [-0.25, -0.2) is 0 Å². The van der Waals surface area contributed by atoms with Gasteiger partial charge in [0.25, 0.3) is 0 Å². The Bertz CT molecular complexity index is 629. The fourth-order valence-corrected chi connectivity index (χ4v) is 2.81. The van der Waals surface area contributed by atoms with Crippen LogP contribution in [0.15, 0.2) is 24.7 Å². The number of hydrogen-bond donors (Lipinski definition) is 0. The maximum atomic E-state index is 12.2. The van der Waals surface area contributed by atoms with Gasteiger partial charge in [0.15, 0.2) is 0 Å². The van der Waals surface area contributed by atoms with Gasteiger partial charge in [-0.2, -0.15) is 0 Å². The summed E-state index contributed by atoms with van der Waals surface area (Å²) in [5.41, 5.74) is 2.22. The van der Waals surface area contributed by atoms with E-state index < -0.39 is 0 Å². The molecule has 0 atom stereocenters. The number of fused-ring (bicyclic) bond motifs is 1. The Balaban J connectivity index is 1.70. The number of aryl methyl sites for hydroxylation is 1. The Morgan fingerprint density at radius 1 is 1.50 bits per heavy atom. The van der Waals surface area contributed by atoms with Gasteiger partial charge in [0.2, 0.25) is 5.91 Å². The molecule has 0 spiro atoms. The van der Waals surface area contributed by atoms with Crippen molar-refractivity contribution in [2.24, 2.45) is 5.92 Å². The van der Waals surface area contributed by atoms with Crippen molar-refractivity contribution in [3.8, 4) is 0 Å². The first kappa shape index (κ1) is 13.1. The zero-order valence-corrected chi connectivity index (χ0v) is 11.9. The number of carbonyl (C=O) groups is 1. The van der Waals surface area contributed by atoms with Crippen LogP contribution < -0.4 is 0 Å². The van der Waals surface area contributed by atoms with Crippen LogP contribution in [0, 0.1) is 12.8 Å². The highest BCUT2D eigenvalue weighted by Gasteiger charge is 2.30. The third kappa shape index (κ3) is 2.29. The first-order valence-electron chi connectivity index (χ1n) is 6.85. The minimum Gasteiger partial charge on any atom is -0.384 e. The number of amides is 1. The number of nitrogens with zero attached hydrogens (tertiary/aromatic N) is 3. The summed E-state index contributed by atoms with van der Waals surface area (Å²) in [4.78, 5) is 18.3. The molecule has 1 amide bonds. The summed E-state index contributed by atoms with van der Waals surface area (Å²) >= 11 is 0. The summed E-state index contributed by atoms with van der Waals surface area (Å²) in [5, 5.41) is 1.11. The van der Waals surface area contributed by atoms with Crippen molar-refractivity contribution in [3.05, 3.63) is 30.2 Å². The number of likely N-dealkylation sites (tertiary alicyclic amines) is 1. The molecular formula is C15H19N3O2. The molecule has 5 heteroatoms. The molecule has 106 valence electrons. The molecule has 0 aromatic carbocycles. The first-order chi connectivity index (χ1) is 9.69. The summed E-state index contributed by atoms with van der Waals surface area (Å²) < 4.78 is 7.12. The molecule has 1 aliphatic heterocycles. The van der Waals surface area contributed by atoms with Gasteiger partial charge in [-0.1, -0.05) is 0 Å². The molecule has 0 aliphatic carbocycles. The van der Waals surface area contributed by atoms with Crippen LogP contribution in [0.25, 0.3) is 10.9 Å². The topological polar surface area (TPSA) is 47.4 Å². The molecule has 0 bridgehead atoms. The van der Waals surface area contributed by atoms with Crippen LogP contribution in [0.5, 0.6) is 0 Å². The largest absolute Gasteiger partial charge is 0.384 e. The number of methoxy groups -OCH3 is 1. The van der Waals surface area contributed by atoms with E-state index in [1.807, 2.05) is 34.9 Å². The van der Waals surface area contributed by atoms with Crippen LogP contribution in [0.2, 0.25) is 0 Å². The van der Waals surface area contributed by atoms with E-state index in [1.54, 1.807) is 13.3 Å². The van der Waals surface area contributed by atoms with Crippen molar-refractivity contribution in [1.82, 2.24) is 14.5 Å². The second kappa shape index (κ2) is 5.25. The summed E-state index contributed by atoms with van der Waals surface area (Å²) in [7, 11) is 1.70. The summed E-state index contributed by atoms with van der Waals surface area (Å²) in [6.45, 7) is 4.80. The van der Waals surface area contributed by atoms with E-state index in [2.05, 4.69) is 4.98 Å². The Hall–Kier alpha value is -1.88. The van der Waals surface area contributed by atoms with E-state index in [4.69, 9.17) is 4.74 Å². The zero-order valence-electron chi connectivity index (χ0n) is 11.9. The fourth-order valence-electron chi connectivity index (χ4n) is 2.81. The Kier molecular flexibility index (Phi) is 3.44. The van der Waals surface area contributed by atoms with Crippen molar-refractivity contribution in [3.63, 3.8) is 0 Å². The average molecular weight is 273 g/mol. The predicted molar refractivity (Wildman–Crippen MR) is 76.4 cm³/mol.